The van der Waals surface area contributed by atoms with E-state index in [1.807, 2.05) is 6.92 Å². The van der Waals surface area contributed by atoms with Gasteiger partial charge in [-0.3, -0.25) is 4.79 Å². The van der Waals surface area contributed by atoms with Gasteiger partial charge in [-0.15, -0.1) is 0 Å². The van der Waals surface area contributed by atoms with Gasteiger partial charge in [-0.1, -0.05) is 0 Å². The summed E-state index contributed by atoms with van der Waals surface area (Å²) in [5, 5.41) is 3.61. The van der Waals surface area contributed by atoms with E-state index in [4.69, 9.17) is 9.47 Å². The number of aromatic amines is 1. The molecule has 6 nitrogen and oxygen atoms in total. The number of aromatic nitrogens is 2. The van der Waals surface area contributed by atoms with Gasteiger partial charge in [0.25, 0.3) is 5.56 Å². The number of aryl methyl sites for hydroxylation is 1. The quantitative estimate of drug-likeness (QED) is 0.866. The zero-order valence-corrected chi connectivity index (χ0v) is 13.2. The van der Waals surface area contributed by atoms with Crippen molar-refractivity contribution in [2.24, 2.45) is 0 Å². The molecule has 0 saturated carbocycles. The monoisotopic (exact) mass is 307 g/mol. The molecule has 3 heterocycles. The van der Waals surface area contributed by atoms with E-state index in [1.165, 1.54) is 0 Å². The molecule has 2 aliphatic rings. The second-order valence-electron chi connectivity index (χ2n) is 6.36. The number of hydrogen-bond donors (Lipinski definition) is 2. The van der Waals surface area contributed by atoms with Crippen molar-refractivity contribution in [1.29, 1.82) is 0 Å². The molecule has 0 aliphatic carbocycles. The lowest BCUT2D eigenvalue weighted by Gasteiger charge is -2.43. The molecular formula is C16H25N3O3. The maximum Gasteiger partial charge on any atom is 0.251 e. The SMILES string of the molecule is Cc1nc(CCN[C@H]2CCOC3(CCOCC3)C2)cc(=O)[nH]1. The standard InChI is InChI=1S/C16H25N3O3/c1-12-18-13(10-15(20)19-12)2-6-17-14-3-7-22-16(11-14)4-8-21-9-5-16/h10,14,17H,2-9,11H2,1H3,(H,18,19,20)/t14-/m0/s1. The van der Waals surface area contributed by atoms with Crippen LogP contribution in [-0.4, -0.2) is 48.0 Å². The molecule has 2 saturated heterocycles. The van der Waals surface area contributed by atoms with E-state index in [-0.39, 0.29) is 11.2 Å². The Balaban J connectivity index is 1.49. The van der Waals surface area contributed by atoms with Crippen molar-refractivity contribution in [2.45, 2.75) is 50.7 Å². The molecule has 2 aliphatic heterocycles. The van der Waals surface area contributed by atoms with E-state index in [0.29, 0.717) is 11.9 Å². The normalized spacial score (nSPS) is 24.5. The molecule has 0 bridgehead atoms. The van der Waals surface area contributed by atoms with Crippen LogP contribution in [0.5, 0.6) is 0 Å². The number of hydrogen-bond acceptors (Lipinski definition) is 5. The van der Waals surface area contributed by atoms with Gasteiger partial charge in [-0.2, -0.15) is 0 Å². The van der Waals surface area contributed by atoms with Crippen LogP contribution in [0.2, 0.25) is 0 Å². The number of ether oxygens (including phenoxy) is 2. The van der Waals surface area contributed by atoms with E-state index in [9.17, 15) is 4.79 Å². The Morgan fingerprint density at radius 2 is 2.23 bits per heavy atom. The summed E-state index contributed by atoms with van der Waals surface area (Å²) in [5.74, 6) is 0.676. The fourth-order valence-corrected chi connectivity index (χ4v) is 3.47. The molecule has 1 atom stereocenters. The van der Waals surface area contributed by atoms with Crippen LogP contribution >= 0.6 is 0 Å². The Hall–Kier alpha value is -1.24. The Bertz CT molecular complexity index is 546. The van der Waals surface area contributed by atoms with Crippen molar-refractivity contribution in [3.8, 4) is 0 Å². The summed E-state index contributed by atoms with van der Waals surface area (Å²) in [6.45, 7) is 5.09. The first-order chi connectivity index (χ1) is 10.7. The second kappa shape index (κ2) is 6.89. The molecular weight excluding hydrogens is 282 g/mol. The van der Waals surface area contributed by atoms with Gasteiger partial charge in [-0.05, 0) is 32.6 Å². The van der Waals surface area contributed by atoms with Gasteiger partial charge in [-0.25, -0.2) is 4.98 Å². The first-order valence-electron chi connectivity index (χ1n) is 8.17. The van der Waals surface area contributed by atoms with Crippen molar-refractivity contribution in [3.63, 3.8) is 0 Å². The summed E-state index contributed by atoms with van der Waals surface area (Å²) in [6, 6.07) is 2.06. The first-order valence-corrected chi connectivity index (χ1v) is 8.17. The second-order valence-corrected chi connectivity index (χ2v) is 6.36. The first kappa shape index (κ1) is 15.6. The molecule has 0 aromatic carbocycles. The number of H-pyrrole nitrogens is 1. The lowest BCUT2D eigenvalue weighted by atomic mass is 9.84. The van der Waals surface area contributed by atoms with Crippen LogP contribution in [-0.2, 0) is 15.9 Å². The fourth-order valence-electron chi connectivity index (χ4n) is 3.47. The number of nitrogens with one attached hydrogen (secondary N) is 2. The van der Waals surface area contributed by atoms with Crippen molar-refractivity contribution in [3.05, 3.63) is 27.9 Å². The zero-order valence-electron chi connectivity index (χ0n) is 13.2. The summed E-state index contributed by atoms with van der Waals surface area (Å²) in [5.41, 5.74) is 0.795. The van der Waals surface area contributed by atoms with Crippen LogP contribution in [0.1, 0.15) is 37.2 Å². The Morgan fingerprint density at radius 3 is 3.00 bits per heavy atom. The maximum atomic E-state index is 11.4. The van der Waals surface area contributed by atoms with Crippen LogP contribution in [0.15, 0.2) is 10.9 Å². The van der Waals surface area contributed by atoms with Crippen LogP contribution in [0, 0.1) is 6.92 Å². The minimum absolute atomic E-state index is 0.0207. The van der Waals surface area contributed by atoms with Gasteiger partial charge in [0.15, 0.2) is 0 Å². The molecule has 3 rings (SSSR count). The third kappa shape index (κ3) is 3.94. The number of rotatable bonds is 4. The van der Waals surface area contributed by atoms with Crippen LogP contribution in [0.3, 0.4) is 0 Å². The smallest absolute Gasteiger partial charge is 0.251 e. The molecule has 0 amide bonds. The Morgan fingerprint density at radius 1 is 1.41 bits per heavy atom. The third-order valence-electron chi connectivity index (χ3n) is 4.62. The largest absolute Gasteiger partial charge is 0.381 e. The van der Waals surface area contributed by atoms with Gasteiger partial charge in [0.2, 0.25) is 0 Å². The summed E-state index contributed by atoms with van der Waals surface area (Å²) in [6.07, 6.45) is 4.88. The topological polar surface area (TPSA) is 76.2 Å². The molecule has 0 unspecified atom stereocenters. The van der Waals surface area contributed by atoms with E-state index in [2.05, 4.69) is 15.3 Å². The Labute approximate surface area is 130 Å². The average Bonchev–Trinajstić information content (AvgIpc) is 2.47. The number of nitrogens with zero attached hydrogens (tertiary/aromatic N) is 1. The highest BCUT2D eigenvalue weighted by Gasteiger charge is 2.38. The molecule has 1 aromatic rings. The van der Waals surface area contributed by atoms with E-state index >= 15 is 0 Å². The van der Waals surface area contributed by atoms with E-state index in [0.717, 1.165) is 64.2 Å². The molecule has 6 heteroatoms. The van der Waals surface area contributed by atoms with Crippen molar-refractivity contribution >= 4 is 0 Å². The van der Waals surface area contributed by atoms with Crippen molar-refractivity contribution < 1.29 is 9.47 Å². The minimum Gasteiger partial charge on any atom is -0.381 e. The summed E-state index contributed by atoms with van der Waals surface area (Å²) >= 11 is 0. The molecule has 2 N–H and O–H groups in total. The molecule has 2 fully saturated rings. The van der Waals surface area contributed by atoms with Gasteiger partial charge >= 0.3 is 0 Å². The van der Waals surface area contributed by atoms with Crippen molar-refractivity contribution in [1.82, 2.24) is 15.3 Å². The van der Waals surface area contributed by atoms with Crippen LogP contribution < -0.4 is 10.9 Å². The minimum atomic E-state index is -0.0743. The molecule has 122 valence electrons. The van der Waals surface area contributed by atoms with Gasteiger partial charge in [0.05, 0.1) is 5.60 Å². The van der Waals surface area contributed by atoms with Crippen LogP contribution in [0.4, 0.5) is 0 Å². The molecule has 22 heavy (non-hydrogen) atoms. The zero-order chi connectivity index (χ0) is 15.4. The van der Waals surface area contributed by atoms with E-state index in [1.54, 1.807) is 6.07 Å². The molecule has 1 spiro atoms. The van der Waals surface area contributed by atoms with Crippen LogP contribution in [0.25, 0.3) is 0 Å². The highest BCUT2D eigenvalue weighted by atomic mass is 16.5. The van der Waals surface area contributed by atoms with E-state index < -0.39 is 0 Å². The maximum absolute atomic E-state index is 11.4. The third-order valence-corrected chi connectivity index (χ3v) is 4.62. The van der Waals surface area contributed by atoms with Crippen molar-refractivity contribution in [2.75, 3.05) is 26.4 Å². The fraction of sp³-hybridized carbons (Fsp3) is 0.750. The molecule has 1 aromatic heterocycles. The van der Waals surface area contributed by atoms with Gasteiger partial charge < -0.3 is 19.8 Å². The Kier molecular flexibility index (Phi) is 4.90. The lowest BCUT2D eigenvalue weighted by Crippen LogP contribution is -2.50. The van der Waals surface area contributed by atoms with Gasteiger partial charge in [0.1, 0.15) is 5.82 Å². The molecule has 0 radical (unpaired) electrons. The average molecular weight is 307 g/mol. The highest BCUT2D eigenvalue weighted by Crippen LogP contribution is 2.34. The predicted molar refractivity (Wildman–Crippen MR) is 83.1 cm³/mol. The predicted octanol–water partition coefficient (Wildman–Crippen LogP) is 0.939. The lowest BCUT2D eigenvalue weighted by molar-refractivity contribution is -0.140. The summed E-state index contributed by atoms with van der Waals surface area (Å²) < 4.78 is 11.5. The summed E-state index contributed by atoms with van der Waals surface area (Å²) in [4.78, 5) is 18.5. The summed E-state index contributed by atoms with van der Waals surface area (Å²) in [7, 11) is 0. The van der Waals surface area contributed by atoms with Gasteiger partial charge in [0, 0.05) is 50.6 Å². The highest BCUT2D eigenvalue weighted by molar-refractivity contribution is 5.02.